The summed E-state index contributed by atoms with van der Waals surface area (Å²) in [6.45, 7) is 5.78. The van der Waals surface area contributed by atoms with E-state index in [4.69, 9.17) is 4.74 Å². The predicted octanol–water partition coefficient (Wildman–Crippen LogP) is 5.09. The van der Waals surface area contributed by atoms with Crippen LogP contribution in [0.25, 0.3) is 0 Å². The van der Waals surface area contributed by atoms with Crippen molar-refractivity contribution in [3.05, 3.63) is 59.7 Å². The summed E-state index contributed by atoms with van der Waals surface area (Å²) in [5.41, 5.74) is 1.87. The van der Waals surface area contributed by atoms with Crippen molar-refractivity contribution in [3.8, 4) is 0 Å². The van der Waals surface area contributed by atoms with Gasteiger partial charge in [-0.3, -0.25) is 4.79 Å². The number of carbonyl (C=O) groups is 2. The molecule has 2 rings (SSSR count). The Balaban J connectivity index is 1.85. The van der Waals surface area contributed by atoms with Gasteiger partial charge in [0.25, 0.3) is 11.7 Å². The van der Waals surface area contributed by atoms with Gasteiger partial charge < -0.3 is 10.1 Å². The molecule has 0 saturated heterocycles. The van der Waals surface area contributed by atoms with E-state index in [0.717, 1.165) is 5.56 Å². The highest BCUT2D eigenvalue weighted by molar-refractivity contribution is 7.99. The van der Waals surface area contributed by atoms with Gasteiger partial charge in [0.2, 0.25) is 0 Å². The number of esters is 1. The maximum absolute atomic E-state index is 12.3. The molecule has 1 amide bonds. The van der Waals surface area contributed by atoms with Crippen LogP contribution in [0.2, 0.25) is 0 Å². The van der Waals surface area contributed by atoms with Gasteiger partial charge in [0, 0.05) is 10.6 Å². The minimum Gasteiger partial charge on any atom is -0.452 e. The Morgan fingerprint density at radius 2 is 1.63 bits per heavy atom. The second kappa shape index (κ2) is 8.99. The SMILES string of the molecule is CC(C)(C)c1ccc(C(=O)OCC(=O)Nc2ccc(SC(F)F)cc2)cc1. The molecule has 0 atom stereocenters. The van der Waals surface area contributed by atoms with E-state index in [-0.39, 0.29) is 5.41 Å². The highest BCUT2D eigenvalue weighted by atomic mass is 32.2. The standard InChI is InChI=1S/C20H21F2NO3S/c1-20(2,3)14-6-4-13(5-7-14)18(25)26-12-17(24)23-15-8-10-16(11-9-15)27-19(21)22/h4-11,19H,12H2,1-3H3,(H,23,24). The highest BCUT2D eigenvalue weighted by Crippen LogP contribution is 2.26. The van der Waals surface area contributed by atoms with Crippen LogP contribution in [0.3, 0.4) is 0 Å². The third kappa shape index (κ3) is 6.67. The van der Waals surface area contributed by atoms with Gasteiger partial charge in [-0.05, 0) is 47.4 Å². The molecule has 0 spiro atoms. The first-order chi connectivity index (χ1) is 12.6. The van der Waals surface area contributed by atoms with Crippen molar-refractivity contribution in [2.45, 2.75) is 36.8 Å². The van der Waals surface area contributed by atoms with E-state index in [9.17, 15) is 18.4 Å². The number of carbonyl (C=O) groups excluding carboxylic acids is 2. The third-order valence-corrected chi connectivity index (χ3v) is 4.41. The van der Waals surface area contributed by atoms with Crippen LogP contribution in [0, 0.1) is 0 Å². The van der Waals surface area contributed by atoms with Crippen LogP contribution in [0.5, 0.6) is 0 Å². The molecule has 2 aromatic carbocycles. The Morgan fingerprint density at radius 1 is 1.04 bits per heavy atom. The van der Waals surface area contributed by atoms with E-state index in [0.29, 0.717) is 27.9 Å². The van der Waals surface area contributed by atoms with Gasteiger partial charge in [0.1, 0.15) is 0 Å². The van der Waals surface area contributed by atoms with E-state index in [1.54, 1.807) is 12.1 Å². The quantitative estimate of drug-likeness (QED) is 0.548. The zero-order valence-electron chi connectivity index (χ0n) is 15.3. The Bertz CT molecular complexity index is 784. The molecule has 0 aliphatic carbocycles. The summed E-state index contributed by atoms with van der Waals surface area (Å²) in [4.78, 5) is 24.3. The van der Waals surface area contributed by atoms with Crippen molar-refractivity contribution in [1.29, 1.82) is 0 Å². The van der Waals surface area contributed by atoms with E-state index < -0.39 is 24.2 Å². The van der Waals surface area contributed by atoms with Gasteiger partial charge in [0.05, 0.1) is 5.56 Å². The smallest absolute Gasteiger partial charge is 0.338 e. The molecule has 1 N–H and O–H groups in total. The lowest BCUT2D eigenvalue weighted by Gasteiger charge is -2.18. The Kier molecular flexibility index (Phi) is 6.96. The molecular weight excluding hydrogens is 372 g/mol. The van der Waals surface area contributed by atoms with E-state index in [2.05, 4.69) is 26.1 Å². The lowest BCUT2D eigenvalue weighted by atomic mass is 9.87. The van der Waals surface area contributed by atoms with Crippen LogP contribution in [0.1, 0.15) is 36.7 Å². The molecule has 0 radical (unpaired) electrons. The summed E-state index contributed by atoms with van der Waals surface area (Å²) in [6.07, 6.45) is 0. The second-order valence-electron chi connectivity index (χ2n) is 6.85. The molecule has 0 aliphatic heterocycles. The minimum absolute atomic E-state index is 0.0221. The fraction of sp³-hybridized carbons (Fsp3) is 0.300. The summed E-state index contributed by atoms with van der Waals surface area (Å²) in [6, 6.07) is 13.0. The Labute approximate surface area is 161 Å². The van der Waals surface area contributed by atoms with Gasteiger partial charge >= 0.3 is 5.97 Å². The number of thioether (sulfide) groups is 1. The van der Waals surface area contributed by atoms with Crippen molar-refractivity contribution in [2.75, 3.05) is 11.9 Å². The highest BCUT2D eigenvalue weighted by Gasteiger charge is 2.15. The van der Waals surface area contributed by atoms with Crippen LogP contribution in [-0.4, -0.2) is 24.2 Å². The first-order valence-corrected chi connectivity index (χ1v) is 9.15. The van der Waals surface area contributed by atoms with Gasteiger partial charge in [-0.15, -0.1) is 0 Å². The maximum atomic E-state index is 12.3. The first-order valence-electron chi connectivity index (χ1n) is 8.27. The average Bonchev–Trinajstić information content (AvgIpc) is 2.60. The number of hydrogen-bond donors (Lipinski definition) is 1. The number of anilines is 1. The van der Waals surface area contributed by atoms with Crippen molar-refractivity contribution < 1.29 is 23.1 Å². The number of hydrogen-bond acceptors (Lipinski definition) is 4. The lowest BCUT2D eigenvalue weighted by molar-refractivity contribution is -0.119. The van der Waals surface area contributed by atoms with Crippen molar-refractivity contribution in [2.24, 2.45) is 0 Å². The van der Waals surface area contributed by atoms with Gasteiger partial charge in [0.15, 0.2) is 6.61 Å². The molecule has 0 unspecified atom stereocenters. The van der Waals surface area contributed by atoms with Crippen LogP contribution < -0.4 is 5.32 Å². The zero-order valence-corrected chi connectivity index (χ0v) is 16.1. The largest absolute Gasteiger partial charge is 0.452 e. The van der Waals surface area contributed by atoms with Crippen LogP contribution in [-0.2, 0) is 14.9 Å². The number of ether oxygens (including phenoxy) is 1. The molecular formula is C20H21F2NO3S. The molecule has 0 aromatic heterocycles. The third-order valence-electron chi connectivity index (χ3n) is 3.68. The summed E-state index contributed by atoms with van der Waals surface area (Å²) in [7, 11) is 0. The maximum Gasteiger partial charge on any atom is 0.338 e. The summed E-state index contributed by atoms with van der Waals surface area (Å²) in [5.74, 6) is -3.60. The van der Waals surface area contributed by atoms with E-state index >= 15 is 0 Å². The minimum atomic E-state index is -2.50. The Hall–Kier alpha value is -2.41. The second-order valence-corrected chi connectivity index (χ2v) is 7.92. The molecule has 0 heterocycles. The zero-order chi connectivity index (χ0) is 20.0. The summed E-state index contributed by atoms with van der Waals surface area (Å²) in [5, 5.41) is 2.55. The van der Waals surface area contributed by atoms with Gasteiger partial charge in [-0.2, -0.15) is 8.78 Å². The average molecular weight is 393 g/mol. The fourth-order valence-electron chi connectivity index (χ4n) is 2.24. The van der Waals surface area contributed by atoms with Crippen molar-refractivity contribution >= 4 is 29.3 Å². The van der Waals surface area contributed by atoms with Crippen LogP contribution in [0.4, 0.5) is 14.5 Å². The molecule has 7 heteroatoms. The van der Waals surface area contributed by atoms with Crippen LogP contribution >= 0.6 is 11.8 Å². The van der Waals surface area contributed by atoms with Gasteiger partial charge in [-0.25, -0.2) is 4.79 Å². The normalized spacial score (nSPS) is 11.3. The topological polar surface area (TPSA) is 55.4 Å². The number of benzene rings is 2. The van der Waals surface area contributed by atoms with Crippen LogP contribution in [0.15, 0.2) is 53.4 Å². The summed E-state index contributed by atoms with van der Waals surface area (Å²) >= 11 is 0.425. The van der Waals surface area contributed by atoms with E-state index in [1.807, 2.05) is 12.1 Å². The Morgan fingerprint density at radius 3 is 2.15 bits per heavy atom. The molecule has 4 nitrogen and oxygen atoms in total. The number of amides is 1. The number of nitrogens with one attached hydrogen (secondary N) is 1. The van der Waals surface area contributed by atoms with Crippen molar-refractivity contribution in [3.63, 3.8) is 0 Å². The van der Waals surface area contributed by atoms with E-state index in [1.165, 1.54) is 24.3 Å². The number of rotatable bonds is 6. The molecule has 144 valence electrons. The molecule has 2 aromatic rings. The monoisotopic (exact) mass is 393 g/mol. The predicted molar refractivity (Wildman–Crippen MR) is 102 cm³/mol. The first kappa shape index (κ1) is 20.9. The lowest BCUT2D eigenvalue weighted by Crippen LogP contribution is -2.21. The molecule has 0 fully saturated rings. The fourth-order valence-corrected chi connectivity index (χ4v) is 2.74. The number of halogens is 2. The van der Waals surface area contributed by atoms with Gasteiger partial charge in [-0.1, -0.05) is 44.7 Å². The number of alkyl halides is 2. The molecule has 0 saturated carbocycles. The molecule has 0 aliphatic rings. The van der Waals surface area contributed by atoms with Crippen molar-refractivity contribution in [1.82, 2.24) is 0 Å². The molecule has 0 bridgehead atoms. The summed E-state index contributed by atoms with van der Waals surface area (Å²) < 4.78 is 29.6. The molecule has 27 heavy (non-hydrogen) atoms.